The molecule has 0 atom stereocenters. The third-order valence-electron chi connectivity index (χ3n) is 3.38. The molecule has 3 aromatic rings. The van der Waals surface area contributed by atoms with Gasteiger partial charge in [-0.1, -0.05) is 17.3 Å². The van der Waals surface area contributed by atoms with Crippen LogP contribution in [0.3, 0.4) is 0 Å². The smallest absolute Gasteiger partial charge is 0.387 e. The van der Waals surface area contributed by atoms with Crippen LogP contribution in [-0.4, -0.2) is 33.2 Å². The highest BCUT2D eigenvalue weighted by Crippen LogP contribution is 2.32. The Balaban J connectivity index is 1.97. The third kappa shape index (κ3) is 4.28. The zero-order chi connectivity index (χ0) is 17.6. The number of hydrogen-bond acceptors (Lipinski definition) is 5. The molecule has 0 N–H and O–H groups in total. The first-order valence-electron chi connectivity index (χ1n) is 7.66. The predicted molar refractivity (Wildman–Crippen MR) is 86.6 cm³/mol. The lowest BCUT2D eigenvalue weighted by Gasteiger charge is -2.12. The molecule has 2 heterocycles. The van der Waals surface area contributed by atoms with E-state index in [-0.39, 0.29) is 5.75 Å². The van der Waals surface area contributed by atoms with Crippen molar-refractivity contribution in [2.24, 2.45) is 0 Å². The van der Waals surface area contributed by atoms with Crippen molar-refractivity contribution < 1.29 is 18.3 Å². The number of pyridine rings is 1. The molecule has 0 aliphatic heterocycles. The molecular weight excluding hydrogens is 330 g/mol. The maximum absolute atomic E-state index is 12.5. The Morgan fingerprint density at radius 2 is 2.12 bits per heavy atom. The molecule has 1 aromatic carbocycles. The Labute approximate surface area is 143 Å². The van der Waals surface area contributed by atoms with Crippen molar-refractivity contribution in [3.05, 3.63) is 54.5 Å². The molecule has 130 valence electrons. The fraction of sp³-hybridized carbons (Fsp3) is 0.235. The molecule has 0 fully saturated rings. The largest absolute Gasteiger partial charge is 0.478 e. The quantitative estimate of drug-likeness (QED) is 0.656. The van der Waals surface area contributed by atoms with E-state index in [0.29, 0.717) is 30.2 Å². The topological polar surface area (TPSA) is 62.1 Å². The second kappa shape index (κ2) is 7.69. The van der Waals surface area contributed by atoms with Gasteiger partial charge in [-0.25, -0.2) is 9.67 Å². The number of nitrogens with zero attached hydrogens (tertiary/aromatic N) is 4. The molecule has 0 unspecified atom stereocenters. The average molecular weight is 346 g/mol. The number of rotatable bonds is 7. The Morgan fingerprint density at radius 1 is 1.24 bits per heavy atom. The van der Waals surface area contributed by atoms with Gasteiger partial charge in [0.25, 0.3) is 0 Å². The summed E-state index contributed by atoms with van der Waals surface area (Å²) < 4.78 is 36.6. The van der Waals surface area contributed by atoms with Gasteiger partial charge in [0.15, 0.2) is 0 Å². The molecule has 3 rings (SSSR count). The minimum atomic E-state index is -2.88. The summed E-state index contributed by atoms with van der Waals surface area (Å²) in [5.74, 6) is 0.510. The minimum absolute atomic E-state index is 0.0802. The summed E-state index contributed by atoms with van der Waals surface area (Å²) in [4.78, 5) is 4.34. The van der Waals surface area contributed by atoms with Crippen LogP contribution in [0.4, 0.5) is 8.78 Å². The monoisotopic (exact) mass is 346 g/mol. The summed E-state index contributed by atoms with van der Waals surface area (Å²) in [7, 11) is 0. The highest BCUT2D eigenvalue weighted by atomic mass is 19.3. The van der Waals surface area contributed by atoms with E-state index in [1.807, 2.05) is 13.0 Å². The fourth-order valence-corrected chi connectivity index (χ4v) is 2.38. The van der Waals surface area contributed by atoms with Crippen LogP contribution in [0.25, 0.3) is 11.1 Å². The first-order chi connectivity index (χ1) is 12.2. The first-order valence-corrected chi connectivity index (χ1v) is 7.66. The van der Waals surface area contributed by atoms with Crippen molar-refractivity contribution in [1.82, 2.24) is 20.0 Å². The fourth-order valence-electron chi connectivity index (χ4n) is 2.38. The van der Waals surface area contributed by atoms with E-state index < -0.39 is 6.61 Å². The van der Waals surface area contributed by atoms with Gasteiger partial charge in [0.1, 0.15) is 5.75 Å². The van der Waals surface area contributed by atoms with E-state index in [9.17, 15) is 8.78 Å². The van der Waals surface area contributed by atoms with Crippen molar-refractivity contribution in [3.8, 4) is 22.8 Å². The van der Waals surface area contributed by atoms with Crippen molar-refractivity contribution in [1.29, 1.82) is 0 Å². The molecule has 6 nitrogen and oxygen atoms in total. The van der Waals surface area contributed by atoms with Crippen molar-refractivity contribution in [3.63, 3.8) is 0 Å². The summed E-state index contributed by atoms with van der Waals surface area (Å²) in [5.41, 5.74) is 2.25. The number of alkyl halides is 2. The zero-order valence-electron chi connectivity index (χ0n) is 13.5. The maximum atomic E-state index is 12.5. The second-order valence-electron chi connectivity index (χ2n) is 5.14. The highest BCUT2D eigenvalue weighted by Gasteiger charge is 2.12. The Kier molecular flexibility index (Phi) is 5.17. The van der Waals surface area contributed by atoms with Gasteiger partial charge < -0.3 is 9.47 Å². The molecule has 0 bridgehead atoms. The Bertz CT molecular complexity index is 825. The van der Waals surface area contributed by atoms with Crippen LogP contribution >= 0.6 is 0 Å². The van der Waals surface area contributed by atoms with Gasteiger partial charge in [0.05, 0.1) is 19.3 Å². The summed E-state index contributed by atoms with van der Waals surface area (Å²) in [6.07, 6.45) is 5.02. The van der Waals surface area contributed by atoms with Crippen LogP contribution in [0.2, 0.25) is 0 Å². The van der Waals surface area contributed by atoms with Gasteiger partial charge in [-0.15, -0.1) is 5.10 Å². The van der Waals surface area contributed by atoms with E-state index in [1.54, 1.807) is 35.4 Å². The van der Waals surface area contributed by atoms with Crippen molar-refractivity contribution in [2.45, 2.75) is 20.1 Å². The molecular formula is C17H16F2N4O2. The average Bonchev–Trinajstić information content (AvgIpc) is 3.09. The summed E-state index contributed by atoms with van der Waals surface area (Å²) >= 11 is 0. The number of ether oxygens (including phenoxy) is 2. The molecule has 8 heteroatoms. The lowest BCUT2D eigenvalue weighted by atomic mass is 10.0. The SMILES string of the molecule is CCOc1ncc(Cn2ccnn2)cc1-c1cccc(OC(F)F)c1. The molecule has 0 saturated carbocycles. The van der Waals surface area contributed by atoms with E-state index in [4.69, 9.17) is 4.74 Å². The molecule has 0 amide bonds. The van der Waals surface area contributed by atoms with Crippen LogP contribution in [-0.2, 0) is 6.54 Å². The first kappa shape index (κ1) is 16.8. The number of halogens is 2. The number of benzene rings is 1. The standard InChI is InChI=1S/C17H16F2N4O2/c1-2-24-16-15(13-4-3-5-14(9-13)25-17(18)19)8-12(10-20-16)11-23-7-6-21-22-23/h3-10,17H,2,11H2,1H3. The van der Waals surface area contributed by atoms with Crippen LogP contribution in [0.1, 0.15) is 12.5 Å². The third-order valence-corrected chi connectivity index (χ3v) is 3.38. The number of hydrogen-bond donors (Lipinski definition) is 0. The van der Waals surface area contributed by atoms with Gasteiger partial charge in [0, 0.05) is 18.0 Å². The van der Waals surface area contributed by atoms with Gasteiger partial charge in [0.2, 0.25) is 5.88 Å². The molecule has 0 saturated heterocycles. The summed E-state index contributed by atoms with van der Waals surface area (Å²) in [6.45, 7) is -0.0983. The molecule has 25 heavy (non-hydrogen) atoms. The molecule has 0 aliphatic rings. The van der Waals surface area contributed by atoms with Gasteiger partial charge in [-0.05, 0) is 36.2 Å². The van der Waals surface area contributed by atoms with E-state index in [2.05, 4.69) is 20.0 Å². The summed E-state index contributed by atoms with van der Waals surface area (Å²) in [6, 6.07) is 8.33. The lowest BCUT2D eigenvalue weighted by molar-refractivity contribution is -0.0498. The normalized spacial score (nSPS) is 10.9. The minimum Gasteiger partial charge on any atom is -0.478 e. The lowest BCUT2D eigenvalue weighted by Crippen LogP contribution is -2.04. The van der Waals surface area contributed by atoms with Crippen molar-refractivity contribution in [2.75, 3.05) is 6.61 Å². The summed E-state index contributed by atoms with van der Waals surface area (Å²) in [5, 5.41) is 7.69. The van der Waals surface area contributed by atoms with E-state index in [0.717, 1.165) is 5.56 Å². The second-order valence-corrected chi connectivity index (χ2v) is 5.14. The molecule has 0 aliphatic carbocycles. The van der Waals surface area contributed by atoms with Crippen LogP contribution < -0.4 is 9.47 Å². The van der Waals surface area contributed by atoms with Crippen LogP contribution in [0.15, 0.2) is 48.9 Å². The molecule has 0 radical (unpaired) electrons. The van der Waals surface area contributed by atoms with E-state index >= 15 is 0 Å². The van der Waals surface area contributed by atoms with Crippen molar-refractivity contribution >= 4 is 0 Å². The molecule has 0 spiro atoms. The Hall–Kier alpha value is -3.03. The predicted octanol–water partition coefficient (Wildman–Crippen LogP) is 3.39. The molecule has 2 aromatic heterocycles. The number of aromatic nitrogens is 4. The van der Waals surface area contributed by atoms with Crippen LogP contribution in [0.5, 0.6) is 11.6 Å². The highest BCUT2D eigenvalue weighted by molar-refractivity contribution is 5.70. The van der Waals surface area contributed by atoms with Gasteiger partial charge in [-0.3, -0.25) is 0 Å². The maximum Gasteiger partial charge on any atom is 0.387 e. The Morgan fingerprint density at radius 3 is 2.84 bits per heavy atom. The van der Waals surface area contributed by atoms with Gasteiger partial charge >= 0.3 is 6.61 Å². The van der Waals surface area contributed by atoms with Gasteiger partial charge in [-0.2, -0.15) is 8.78 Å². The van der Waals surface area contributed by atoms with Crippen LogP contribution in [0, 0.1) is 0 Å². The zero-order valence-corrected chi connectivity index (χ0v) is 13.5. The van der Waals surface area contributed by atoms with E-state index in [1.165, 1.54) is 12.1 Å².